The summed E-state index contributed by atoms with van der Waals surface area (Å²) in [7, 11) is 0. The second-order valence-corrected chi connectivity index (χ2v) is 2.77. The monoisotopic (exact) mass is 142 g/mol. The first-order valence-electron chi connectivity index (χ1n) is 3.82. The maximum absolute atomic E-state index is 9.20. The number of hydrogen-bond donors (Lipinski definition) is 2. The molecular weight excluding hydrogens is 128 g/mol. The molecule has 2 heteroatoms. The fraction of sp³-hybridized carbons (Fsp3) is 0.750. The van der Waals surface area contributed by atoms with Crippen molar-refractivity contribution in [3.63, 3.8) is 0 Å². The van der Waals surface area contributed by atoms with Crippen molar-refractivity contribution >= 4 is 0 Å². The Balaban J connectivity index is 2.41. The number of aliphatic hydroxyl groups excluding tert-OH is 2. The van der Waals surface area contributed by atoms with Crippen molar-refractivity contribution < 1.29 is 10.2 Å². The summed E-state index contributed by atoms with van der Waals surface area (Å²) in [5.41, 5.74) is 0. The van der Waals surface area contributed by atoms with Gasteiger partial charge in [0.15, 0.2) is 0 Å². The van der Waals surface area contributed by atoms with Crippen LogP contribution in [0.5, 0.6) is 0 Å². The van der Waals surface area contributed by atoms with Crippen LogP contribution in [0.4, 0.5) is 0 Å². The van der Waals surface area contributed by atoms with Gasteiger partial charge in [-0.2, -0.15) is 0 Å². The highest BCUT2D eigenvalue weighted by Crippen LogP contribution is 2.12. The molecule has 1 rings (SSSR count). The summed E-state index contributed by atoms with van der Waals surface area (Å²) >= 11 is 0. The van der Waals surface area contributed by atoms with E-state index in [1.54, 1.807) is 0 Å². The van der Waals surface area contributed by atoms with Crippen LogP contribution in [0.25, 0.3) is 0 Å². The first-order valence-corrected chi connectivity index (χ1v) is 3.82. The number of aliphatic hydroxyl groups is 2. The molecule has 2 atom stereocenters. The van der Waals surface area contributed by atoms with E-state index >= 15 is 0 Å². The maximum atomic E-state index is 9.20. The van der Waals surface area contributed by atoms with E-state index in [0.29, 0.717) is 6.42 Å². The third-order valence-corrected chi connectivity index (χ3v) is 1.86. The Bertz CT molecular complexity index is 120. The second-order valence-electron chi connectivity index (χ2n) is 2.77. The minimum absolute atomic E-state index is 0.509. The smallest absolute Gasteiger partial charge is 0.0833 e. The van der Waals surface area contributed by atoms with Gasteiger partial charge < -0.3 is 10.2 Å². The van der Waals surface area contributed by atoms with E-state index in [0.717, 1.165) is 19.3 Å². The minimum Gasteiger partial charge on any atom is -0.390 e. The topological polar surface area (TPSA) is 40.5 Å². The molecule has 0 amide bonds. The molecule has 2 unspecified atom stereocenters. The van der Waals surface area contributed by atoms with Gasteiger partial charge in [-0.3, -0.25) is 0 Å². The molecule has 0 spiro atoms. The molecule has 0 radical (unpaired) electrons. The van der Waals surface area contributed by atoms with Gasteiger partial charge in [0.1, 0.15) is 0 Å². The zero-order valence-electron chi connectivity index (χ0n) is 6.03. The molecule has 0 heterocycles. The lowest BCUT2D eigenvalue weighted by molar-refractivity contribution is 0.0147. The zero-order valence-corrected chi connectivity index (χ0v) is 6.03. The van der Waals surface area contributed by atoms with E-state index in [2.05, 4.69) is 6.08 Å². The van der Waals surface area contributed by atoms with Crippen molar-refractivity contribution in [3.8, 4) is 0 Å². The second kappa shape index (κ2) is 3.74. The molecule has 0 aromatic carbocycles. The van der Waals surface area contributed by atoms with E-state index in [1.165, 1.54) is 0 Å². The summed E-state index contributed by atoms with van der Waals surface area (Å²) in [4.78, 5) is 0. The normalized spacial score (nSPS) is 35.0. The summed E-state index contributed by atoms with van der Waals surface area (Å²) in [5, 5.41) is 18.4. The molecule has 0 saturated carbocycles. The lowest BCUT2D eigenvalue weighted by Crippen LogP contribution is -2.25. The summed E-state index contributed by atoms with van der Waals surface area (Å²) < 4.78 is 0. The molecule has 2 nitrogen and oxygen atoms in total. The van der Waals surface area contributed by atoms with Crippen LogP contribution in [-0.2, 0) is 0 Å². The highest BCUT2D eigenvalue weighted by molar-refractivity contribution is 4.88. The Morgan fingerprint density at radius 1 is 1.10 bits per heavy atom. The van der Waals surface area contributed by atoms with Crippen molar-refractivity contribution in [2.45, 2.75) is 37.9 Å². The van der Waals surface area contributed by atoms with E-state index in [1.807, 2.05) is 6.08 Å². The molecule has 2 N–H and O–H groups in total. The van der Waals surface area contributed by atoms with Crippen LogP contribution in [0.3, 0.4) is 0 Å². The third kappa shape index (κ3) is 2.12. The SMILES string of the molecule is OC1CC=CCCCC1O. The van der Waals surface area contributed by atoms with E-state index in [9.17, 15) is 10.2 Å². The maximum Gasteiger partial charge on any atom is 0.0833 e. The van der Waals surface area contributed by atoms with Crippen LogP contribution in [-0.4, -0.2) is 22.4 Å². The zero-order chi connectivity index (χ0) is 7.40. The summed E-state index contributed by atoms with van der Waals surface area (Å²) in [5.74, 6) is 0. The van der Waals surface area contributed by atoms with E-state index in [4.69, 9.17) is 0 Å². The fourth-order valence-corrected chi connectivity index (χ4v) is 1.15. The number of hydrogen-bond acceptors (Lipinski definition) is 2. The van der Waals surface area contributed by atoms with Crippen LogP contribution in [0.2, 0.25) is 0 Å². The number of allylic oxidation sites excluding steroid dienone is 1. The summed E-state index contributed by atoms with van der Waals surface area (Å²) in [6, 6.07) is 0. The highest BCUT2D eigenvalue weighted by atomic mass is 16.3. The molecule has 0 aromatic heterocycles. The Kier molecular flexibility index (Phi) is 2.90. The molecule has 0 saturated heterocycles. The average molecular weight is 142 g/mol. The van der Waals surface area contributed by atoms with Gasteiger partial charge in [-0.1, -0.05) is 12.2 Å². The molecule has 1 aliphatic rings. The Morgan fingerprint density at radius 2 is 1.90 bits per heavy atom. The van der Waals surface area contributed by atoms with Gasteiger partial charge in [0.25, 0.3) is 0 Å². The molecule has 10 heavy (non-hydrogen) atoms. The standard InChI is InChI=1S/C8H14O2/c9-7-5-3-1-2-4-6-8(7)10/h1,3,7-10H,2,4-6H2. The van der Waals surface area contributed by atoms with Crippen molar-refractivity contribution in [1.29, 1.82) is 0 Å². The molecule has 1 aliphatic carbocycles. The van der Waals surface area contributed by atoms with Gasteiger partial charge in [-0.15, -0.1) is 0 Å². The molecule has 0 fully saturated rings. The van der Waals surface area contributed by atoms with Crippen LogP contribution >= 0.6 is 0 Å². The highest BCUT2D eigenvalue weighted by Gasteiger charge is 2.14. The van der Waals surface area contributed by atoms with Gasteiger partial charge in [0, 0.05) is 0 Å². The van der Waals surface area contributed by atoms with Crippen LogP contribution in [0, 0.1) is 0 Å². The van der Waals surface area contributed by atoms with E-state index < -0.39 is 12.2 Å². The van der Waals surface area contributed by atoms with Crippen molar-refractivity contribution in [2.75, 3.05) is 0 Å². The van der Waals surface area contributed by atoms with Crippen LogP contribution in [0.1, 0.15) is 25.7 Å². The molecular formula is C8H14O2. The first kappa shape index (κ1) is 7.76. The van der Waals surface area contributed by atoms with Gasteiger partial charge >= 0.3 is 0 Å². The Labute approximate surface area is 61.2 Å². The van der Waals surface area contributed by atoms with Gasteiger partial charge in [0.2, 0.25) is 0 Å². The van der Waals surface area contributed by atoms with Gasteiger partial charge in [0.05, 0.1) is 12.2 Å². The molecule has 0 aliphatic heterocycles. The number of rotatable bonds is 0. The first-order chi connectivity index (χ1) is 4.80. The molecule has 58 valence electrons. The lowest BCUT2D eigenvalue weighted by Gasteiger charge is -2.17. The average Bonchev–Trinajstić information content (AvgIpc) is 1.92. The Morgan fingerprint density at radius 3 is 2.70 bits per heavy atom. The van der Waals surface area contributed by atoms with Crippen molar-refractivity contribution in [2.24, 2.45) is 0 Å². The van der Waals surface area contributed by atoms with Crippen molar-refractivity contribution in [1.82, 2.24) is 0 Å². The lowest BCUT2D eigenvalue weighted by atomic mass is 10.0. The summed E-state index contributed by atoms with van der Waals surface area (Å²) in [6.07, 6.45) is 6.29. The van der Waals surface area contributed by atoms with Gasteiger partial charge in [-0.25, -0.2) is 0 Å². The largest absolute Gasteiger partial charge is 0.390 e. The quantitative estimate of drug-likeness (QED) is 0.492. The molecule has 0 bridgehead atoms. The fourth-order valence-electron chi connectivity index (χ4n) is 1.15. The van der Waals surface area contributed by atoms with Crippen molar-refractivity contribution in [3.05, 3.63) is 12.2 Å². The summed E-state index contributed by atoms with van der Waals surface area (Å²) in [6.45, 7) is 0. The predicted octanol–water partition coefficient (Wildman–Crippen LogP) is 0.838. The van der Waals surface area contributed by atoms with E-state index in [-0.39, 0.29) is 0 Å². The minimum atomic E-state index is -0.545. The van der Waals surface area contributed by atoms with Gasteiger partial charge in [-0.05, 0) is 25.7 Å². The van der Waals surface area contributed by atoms with Crippen LogP contribution < -0.4 is 0 Å². The molecule has 0 aromatic rings. The predicted molar refractivity (Wildman–Crippen MR) is 39.6 cm³/mol. The third-order valence-electron chi connectivity index (χ3n) is 1.86. The Hall–Kier alpha value is -0.340. The van der Waals surface area contributed by atoms with Crippen LogP contribution in [0.15, 0.2) is 12.2 Å².